The predicted molar refractivity (Wildman–Crippen MR) is 81.0 cm³/mol. The molecular weight excluding hydrogens is 296 g/mol. The number of thiazole rings is 1. The van der Waals surface area contributed by atoms with Crippen LogP contribution in [-0.4, -0.2) is 15.9 Å². The van der Waals surface area contributed by atoms with Crippen LogP contribution in [0, 0.1) is 0 Å². The first-order valence-corrected chi connectivity index (χ1v) is 7.37. The molecule has 0 aliphatic heterocycles. The SMILES string of the molecule is CCc1cnc(C(C)NC(=O)c2cc(N)ncc2Cl)s1. The molecule has 5 nitrogen and oxygen atoms in total. The monoisotopic (exact) mass is 310 g/mol. The molecule has 0 saturated heterocycles. The van der Waals surface area contributed by atoms with Crippen LogP contribution in [0.5, 0.6) is 0 Å². The Kier molecular flexibility index (Phi) is 4.57. The molecule has 0 bridgehead atoms. The van der Waals surface area contributed by atoms with Crippen molar-refractivity contribution < 1.29 is 4.79 Å². The molecule has 2 aromatic heterocycles. The van der Waals surface area contributed by atoms with E-state index in [0.717, 1.165) is 11.4 Å². The van der Waals surface area contributed by atoms with Crippen molar-refractivity contribution in [2.75, 3.05) is 5.73 Å². The molecule has 0 saturated carbocycles. The molecule has 0 radical (unpaired) electrons. The minimum absolute atomic E-state index is 0.182. The number of anilines is 1. The van der Waals surface area contributed by atoms with Crippen molar-refractivity contribution in [2.24, 2.45) is 0 Å². The highest BCUT2D eigenvalue weighted by Gasteiger charge is 2.17. The molecule has 0 aliphatic carbocycles. The van der Waals surface area contributed by atoms with Gasteiger partial charge in [0.1, 0.15) is 10.8 Å². The van der Waals surface area contributed by atoms with Crippen molar-refractivity contribution in [1.82, 2.24) is 15.3 Å². The fourth-order valence-electron chi connectivity index (χ4n) is 1.65. The van der Waals surface area contributed by atoms with Crippen molar-refractivity contribution in [3.63, 3.8) is 0 Å². The predicted octanol–water partition coefficient (Wildman–Crippen LogP) is 2.83. The fraction of sp³-hybridized carbons (Fsp3) is 0.308. The molecule has 2 aromatic rings. The van der Waals surface area contributed by atoms with E-state index in [-0.39, 0.29) is 22.8 Å². The van der Waals surface area contributed by atoms with Crippen molar-refractivity contribution in [3.8, 4) is 0 Å². The lowest BCUT2D eigenvalue weighted by Crippen LogP contribution is -2.27. The number of pyridine rings is 1. The number of hydrogen-bond donors (Lipinski definition) is 2. The molecule has 1 atom stereocenters. The molecule has 0 fully saturated rings. The van der Waals surface area contributed by atoms with E-state index in [1.165, 1.54) is 17.1 Å². The lowest BCUT2D eigenvalue weighted by Gasteiger charge is -2.12. The van der Waals surface area contributed by atoms with E-state index in [1.54, 1.807) is 11.3 Å². The van der Waals surface area contributed by atoms with Crippen LogP contribution in [0.3, 0.4) is 0 Å². The first kappa shape index (κ1) is 14.7. The summed E-state index contributed by atoms with van der Waals surface area (Å²) in [5.74, 6) is -0.0282. The third-order valence-electron chi connectivity index (χ3n) is 2.76. The van der Waals surface area contributed by atoms with Gasteiger partial charge in [0.2, 0.25) is 0 Å². The Morgan fingerprint density at radius 1 is 1.50 bits per heavy atom. The smallest absolute Gasteiger partial charge is 0.253 e. The van der Waals surface area contributed by atoms with Crippen molar-refractivity contribution in [3.05, 3.63) is 38.9 Å². The average Bonchev–Trinajstić information content (AvgIpc) is 2.90. The van der Waals surface area contributed by atoms with Crippen molar-refractivity contribution in [2.45, 2.75) is 26.3 Å². The average molecular weight is 311 g/mol. The minimum atomic E-state index is -0.287. The molecule has 1 amide bonds. The summed E-state index contributed by atoms with van der Waals surface area (Å²) < 4.78 is 0. The number of aryl methyl sites for hydroxylation is 1. The zero-order valence-corrected chi connectivity index (χ0v) is 12.8. The molecule has 3 N–H and O–H groups in total. The maximum Gasteiger partial charge on any atom is 0.253 e. The summed E-state index contributed by atoms with van der Waals surface area (Å²) in [5.41, 5.74) is 5.89. The van der Waals surface area contributed by atoms with Gasteiger partial charge < -0.3 is 11.1 Å². The number of carbonyl (C=O) groups excluding carboxylic acids is 1. The zero-order chi connectivity index (χ0) is 14.7. The van der Waals surface area contributed by atoms with E-state index in [4.69, 9.17) is 17.3 Å². The van der Waals surface area contributed by atoms with Crippen LogP contribution in [0.1, 0.15) is 40.1 Å². The summed E-state index contributed by atoms with van der Waals surface area (Å²) in [6, 6.07) is 1.28. The first-order chi connectivity index (χ1) is 9.51. The number of nitrogens with zero attached hydrogens (tertiary/aromatic N) is 2. The number of carbonyl (C=O) groups is 1. The summed E-state index contributed by atoms with van der Waals surface area (Å²) in [7, 11) is 0. The Bertz CT molecular complexity index is 629. The number of nitrogens with one attached hydrogen (secondary N) is 1. The normalized spacial score (nSPS) is 12.2. The van der Waals surface area contributed by atoms with Gasteiger partial charge in [-0.25, -0.2) is 9.97 Å². The van der Waals surface area contributed by atoms with Gasteiger partial charge in [-0.15, -0.1) is 11.3 Å². The van der Waals surface area contributed by atoms with Crippen LogP contribution in [0.25, 0.3) is 0 Å². The van der Waals surface area contributed by atoms with Crippen molar-refractivity contribution in [1.29, 1.82) is 0 Å². The lowest BCUT2D eigenvalue weighted by molar-refractivity contribution is 0.0940. The Hall–Kier alpha value is -1.66. The second-order valence-electron chi connectivity index (χ2n) is 4.30. The molecule has 0 spiro atoms. The maximum atomic E-state index is 12.2. The largest absolute Gasteiger partial charge is 0.384 e. The Balaban J connectivity index is 2.12. The van der Waals surface area contributed by atoms with Crippen LogP contribution in [0.4, 0.5) is 5.82 Å². The van der Waals surface area contributed by atoms with Gasteiger partial charge in [0.25, 0.3) is 5.91 Å². The van der Waals surface area contributed by atoms with E-state index in [1.807, 2.05) is 13.1 Å². The molecule has 1 unspecified atom stereocenters. The van der Waals surface area contributed by atoms with Gasteiger partial charge in [-0.2, -0.15) is 0 Å². The number of hydrogen-bond acceptors (Lipinski definition) is 5. The highest BCUT2D eigenvalue weighted by Crippen LogP contribution is 2.22. The van der Waals surface area contributed by atoms with E-state index in [2.05, 4.69) is 22.2 Å². The number of amides is 1. The van der Waals surface area contributed by atoms with Gasteiger partial charge in [0.15, 0.2) is 0 Å². The Morgan fingerprint density at radius 3 is 2.90 bits per heavy atom. The maximum absolute atomic E-state index is 12.2. The summed E-state index contributed by atoms with van der Waals surface area (Å²) in [5, 5.41) is 4.00. The molecule has 0 aliphatic rings. The van der Waals surface area contributed by atoms with Crippen LogP contribution in [-0.2, 0) is 6.42 Å². The highest BCUT2D eigenvalue weighted by molar-refractivity contribution is 7.11. The molecule has 7 heteroatoms. The summed E-state index contributed by atoms with van der Waals surface area (Å²) >= 11 is 7.54. The number of aromatic nitrogens is 2. The second-order valence-corrected chi connectivity index (χ2v) is 5.86. The van der Waals surface area contributed by atoms with Gasteiger partial charge in [-0.05, 0) is 19.4 Å². The molecular formula is C13H15ClN4OS. The summed E-state index contributed by atoms with van der Waals surface area (Å²) in [6.07, 6.45) is 4.14. The number of rotatable bonds is 4. The van der Waals surface area contributed by atoms with Gasteiger partial charge in [0, 0.05) is 17.3 Å². The van der Waals surface area contributed by atoms with E-state index in [0.29, 0.717) is 5.56 Å². The third-order valence-corrected chi connectivity index (χ3v) is 4.38. The van der Waals surface area contributed by atoms with E-state index < -0.39 is 0 Å². The molecule has 0 aromatic carbocycles. The van der Waals surface area contributed by atoms with Crippen LogP contribution in [0.2, 0.25) is 5.02 Å². The molecule has 2 heterocycles. The van der Waals surface area contributed by atoms with Gasteiger partial charge >= 0.3 is 0 Å². The summed E-state index contributed by atoms with van der Waals surface area (Å²) in [6.45, 7) is 3.95. The van der Waals surface area contributed by atoms with E-state index in [9.17, 15) is 4.79 Å². The van der Waals surface area contributed by atoms with Gasteiger partial charge in [-0.3, -0.25) is 4.79 Å². The van der Waals surface area contributed by atoms with Crippen molar-refractivity contribution >= 4 is 34.7 Å². The molecule has 20 heavy (non-hydrogen) atoms. The first-order valence-electron chi connectivity index (χ1n) is 6.17. The molecule has 2 rings (SSSR count). The van der Waals surface area contributed by atoms with Gasteiger partial charge in [0.05, 0.1) is 16.6 Å². The standard InChI is InChI=1S/C13H15ClN4OS/c1-3-8-5-17-13(20-8)7(2)18-12(19)9-4-11(15)16-6-10(9)14/h4-7H,3H2,1-2H3,(H2,15,16)(H,18,19). The fourth-order valence-corrected chi connectivity index (χ4v) is 2.70. The topological polar surface area (TPSA) is 80.9 Å². The van der Waals surface area contributed by atoms with Crippen LogP contribution < -0.4 is 11.1 Å². The Morgan fingerprint density at radius 2 is 2.25 bits per heavy atom. The number of nitrogens with two attached hydrogens (primary N) is 1. The van der Waals surface area contributed by atoms with Crippen LogP contribution in [0.15, 0.2) is 18.5 Å². The molecule has 106 valence electrons. The van der Waals surface area contributed by atoms with Gasteiger partial charge in [-0.1, -0.05) is 18.5 Å². The Labute approximate surface area is 126 Å². The number of nitrogen functional groups attached to an aromatic ring is 1. The third kappa shape index (κ3) is 3.26. The quantitative estimate of drug-likeness (QED) is 0.910. The minimum Gasteiger partial charge on any atom is -0.384 e. The lowest BCUT2D eigenvalue weighted by atomic mass is 10.2. The van der Waals surface area contributed by atoms with Crippen LogP contribution >= 0.6 is 22.9 Å². The highest BCUT2D eigenvalue weighted by atomic mass is 35.5. The number of halogens is 1. The second kappa shape index (κ2) is 6.19. The van der Waals surface area contributed by atoms with E-state index >= 15 is 0 Å². The summed E-state index contributed by atoms with van der Waals surface area (Å²) in [4.78, 5) is 21.5. The zero-order valence-electron chi connectivity index (χ0n) is 11.2.